The van der Waals surface area contributed by atoms with Gasteiger partial charge in [0.1, 0.15) is 0 Å². The second-order valence-corrected chi connectivity index (χ2v) is 6.71. The number of hydrogen-bond donors (Lipinski definition) is 0. The van der Waals surface area contributed by atoms with Gasteiger partial charge in [-0.25, -0.2) is 0 Å². The minimum Gasteiger partial charge on any atom is -0.339 e. The van der Waals surface area contributed by atoms with E-state index in [1.165, 1.54) is 12.8 Å². The van der Waals surface area contributed by atoms with E-state index in [-0.39, 0.29) is 5.91 Å². The first-order chi connectivity index (χ1) is 11.7. The maximum absolute atomic E-state index is 13.2. The molecule has 0 atom stereocenters. The molecule has 1 amide bonds. The molecule has 3 heteroatoms. The first kappa shape index (κ1) is 16.8. The Labute approximate surface area is 148 Å². The third kappa shape index (κ3) is 3.70. The van der Waals surface area contributed by atoms with E-state index in [0.717, 1.165) is 24.0 Å². The molecule has 1 fully saturated rings. The van der Waals surface area contributed by atoms with Crippen LogP contribution in [0.1, 0.15) is 36.8 Å². The Hall–Kier alpha value is -2.06. The highest BCUT2D eigenvalue weighted by molar-refractivity contribution is 6.33. The monoisotopic (exact) mass is 339 g/mol. The highest BCUT2D eigenvalue weighted by Gasteiger charge is 2.26. The molecule has 1 aliphatic rings. The molecule has 0 N–H and O–H groups in total. The van der Waals surface area contributed by atoms with Crippen LogP contribution in [0.3, 0.4) is 0 Å². The lowest BCUT2D eigenvalue weighted by Crippen LogP contribution is -2.35. The summed E-state index contributed by atoms with van der Waals surface area (Å²) < 4.78 is 0. The first-order valence-electron chi connectivity index (χ1n) is 8.45. The Bertz CT molecular complexity index is 733. The quantitative estimate of drug-likeness (QED) is 0.548. The first-order valence-corrected chi connectivity index (χ1v) is 8.83. The number of likely N-dealkylation sites (N-methyl/N-ethyl adjacent to an activating group) is 1. The second-order valence-electron chi connectivity index (χ2n) is 6.30. The van der Waals surface area contributed by atoms with Crippen LogP contribution < -0.4 is 0 Å². The molecule has 0 bridgehead atoms. The summed E-state index contributed by atoms with van der Waals surface area (Å²) in [4.78, 5) is 15.1. The van der Waals surface area contributed by atoms with Crippen LogP contribution in [0.4, 0.5) is 0 Å². The molecule has 0 aromatic heterocycles. The lowest BCUT2D eigenvalue weighted by atomic mass is 10.0. The number of carbonyl (C=O) groups excluding carboxylic acids is 1. The van der Waals surface area contributed by atoms with Crippen molar-refractivity contribution in [2.24, 2.45) is 0 Å². The standard InChI is InChI=1S/C21H22ClNO/c1-23(18-12-6-7-13-18)21(24)19(16-9-3-2-4-10-16)15-17-11-5-8-14-20(17)22/h2-5,8-11,14-15,18H,6-7,12-13H2,1H3/b19-15+. The Kier molecular flexibility index (Phi) is 5.37. The van der Waals surface area contributed by atoms with Gasteiger partial charge in [0.15, 0.2) is 0 Å². The number of nitrogens with zero attached hydrogens (tertiary/aromatic N) is 1. The van der Waals surface area contributed by atoms with E-state index in [4.69, 9.17) is 11.6 Å². The van der Waals surface area contributed by atoms with Crippen molar-refractivity contribution in [3.8, 4) is 0 Å². The van der Waals surface area contributed by atoms with Crippen LogP contribution in [-0.4, -0.2) is 23.9 Å². The van der Waals surface area contributed by atoms with Crippen molar-refractivity contribution in [3.05, 3.63) is 70.7 Å². The lowest BCUT2D eigenvalue weighted by Gasteiger charge is -2.25. The third-order valence-corrected chi connectivity index (χ3v) is 5.06. The van der Waals surface area contributed by atoms with E-state index in [1.54, 1.807) is 0 Å². The van der Waals surface area contributed by atoms with E-state index in [2.05, 4.69) is 0 Å². The van der Waals surface area contributed by atoms with Gasteiger partial charge in [-0.3, -0.25) is 4.79 Å². The summed E-state index contributed by atoms with van der Waals surface area (Å²) in [5.41, 5.74) is 2.48. The molecular formula is C21H22ClNO. The van der Waals surface area contributed by atoms with Gasteiger partial charge in [0.05, 0.1) is 0 Å². The van der Waals surface area contributed by atoms with E-state index in [1.807, 2.05) is 72.6 Å². The predicted molar refractivity (Wildman–Crippen MR) is 101 cm³/mol. The Morgan fingerprint density at radius 2 is 1.67 bits per heavy atom. The zero-order chi connectivity index (χ0) is 16.9. The van der Waals surface area contributed by atoms with Gasteiger partial charge in [0.25, 0.3) is 5.91 Å². The van der Waals surface area contributed by atoms with Crippen molar-refractivity contribution in [3.63, 3.8) is 0 Å². The molecule has 2 aromatic rings. The van der Waals surface area contributed by atoms with Gasteiger partial charge < -0.3 is 4.90 Å². The minimum absolute atomic E-state index is 0.0630. The molecule has 3 rings (SSSR count). The zero-order valence-electron chi connectivity index (χ0n) is 13.9. The van der Waals surface area contributed by atoms with Crippen LogP contribution >= 0.6 is 11.6 Å². The summed E-state index contributed by atoms with van der Waals surface area (Å²) in [6.07, 6.45) is 6.51. The van der Waals surface area contributed by atoms with Gasteiger partial charge in [-0.1, -0.05) is 73.0 Å². The molecule has 1 aliphatic carbocycles. The summed E-state index contributed by atoms with van der Waals surface area (Å²) in [5.74, 6) is 0.0630. The van der Waals surface area contributed by atoms with Crippen LogP contribution in [0.2, 0.25) is 5.02 Å². The number of amides is 1. The van der Waals surface area contributed by atoms with Gasteiger partial charge in [-0.05, 0) is 36.1 Å². The highest BCUT2D eigenvalue weighted by Crippen LogP contribution is 2.28. The van der Waals surface area contributed by atoms with Crippen molar-refractivity contribution in [2.75, 3.05) is 7.05 Å². The highest BCUT2D eigenvalue weighted by atomic mass is 35.5. The van der Waals surface area contributed by atoms with Gasteiger partial charge in [0.2, 0.25) is 0 Å². The van der Waals surface area contributed by atoms with Gasteiger partial charge in [0, 0.05) is 23.7 Å². The Morgan fingerprint density at radius 1 is 1.04 bits per heavy atom. The molecule has 2 aromatic carbocycles. The van der Waals surface area contributed by atoms with E-state index >= 15 is 0 Å². The fourth-order valence-corrected chi connectivity index (χ4v) is 3.47. The van der Waals surface area contributed by atoms with Crippen LogP contribution in [0.5, 0.6) is 0 Å². The molecule has 0 aliphatic heterocycles. The molecule has 0 saturated heterocycles. The maximum Gasteiger partial charge on any atom is 0.254 e. The third-order valence-electron chi connectivity index (χ3n) is 4.71. The number of hydrogen-bond acceptors (Lipinski definition) is 1. The molecule has 24 heavy (non-hydrogen) atoms. The number of rotatable bonds is 4. The summed E-state index contributed by atoms with van der Waals surface area (Å²) in [6.45, 7) is 0. The fourth-order valence-electron chi connectivity index (χ4n) is 3.28. The second kappa shape index (κ2) is 7.67. The Balaban J connectivity index is 1.99. The normalized spacial score (nSPS) is 15.5. The van der Waals surface area contributed by atoms with E-state index in [9.17, 15) is 4.79 Å². The summed E-state index contributed by atoms with van der Waals surface area (Å²) in [5, 5.41) is 0.655. The van der Waals surface area contributed by atoms with Crippen molar-refractivity contribution in [1.82, 2.24) is 4.90 Å². The van der Waals surface area contributed by atoms with Crippen molar-refractivity contribution >= 4 is 29.2 Å². The Morgan fingerprint density at radius 3 is 2.33 bits per heavy atom. The predicted octanol–water partition coefficient (Wildman–Crippen LogP) is 5.28. The SMILES string of the molecule is CN(C(=O)/C(=C/c1ccccc1Cl)c1ccccc1)C1CCCC1. The van der Waals surface area contributed by atoms with Gasteiger partial charge in [-0.15, -0.1) is 0 Å². The van der Waals surface area contributed by atoms with E-state index < -0.39 is 0 Å². The van der Waals surface area contributed by atoms with Gasteiger partial charge >= 0.3 is 0 Å². The molecule has 2 nitrogen and oxygen atoms in total. The molecule has 0 heterocycles. The number of benzene rings is 2. The lowest BCUT2D eigenvalue weighted by molar-refractivity contribution is -0.125. The van der Waals surface area contributed by atoms with Crippen LogP contribution in [0.15, 0.2) is 54.6 Å². The smallest absolute Gasteiger partial charge is 0.254 e. The maximum atomic E-state index is 13.2. The van der Waals surface area contributed by atoms with Crippen LogP contribution in [-0.2, 0) is 4.79 Å². The van der Waals surface area contributed by atoms with Gasteiger partial charge in [-0.2, -0.15) is 0 Å². The molecule has 0 unspecified atom stereocenters. The van der Waals surface area contributed by atoms with Crippen molar-refractivity contribution < 1.29 is 4.79 Å². The van der Waals surface area contributed by atoms with Crippen LogP contribution in [0.25, 0.3) is 11.6 Å². The van der Waals surface area contributed by atoms with E-state index in [0.29, 0.717) is 16.6 Å². The summed E-state index contributed by atoms with van der Waals surface area (Å²) in [7, 11) is 1.92. The summed E-state index contributed by atoms with van der Waals surface area (Å²) in [6, 6.07) is 17.8. The molecule has 0 spiro atoms. The fraction of sp³-hybridized carbons (Fsp3) is 0.286. The topological polar surface area (TPSA) is 20.3 Å². The summed E-state index contributed by atoms with van der Waals surface area (Å²) >= 11 is 6.30. The largest absolute Gasteiger partial charge is 0.339 e. The number of carbonyl (C=O) groups is 1. The molecular weight excluding hydrogens is 318 g/mol. The zero-order valence-corrected chi connectivity index (χ0v) is 14.7. The van der Waals surface area contributed by atoms with Crippen LogP contribution in [0, 0.1) is 0 Å². The average molecular weight is 340 g/mol. The van der Waals surface area contributed by atoms with Crippen molar-refractivity contribution in [2.45, 2.75) is 31.7 Å². The minimum atomic E-state index is 0.0630. The molecule has 0 radical (unpaired) electrons. The average Bonchev–Trinajstić information content (AvgIpc) is 3.15. The number of halogens is 1. The molecule has 1 saturated carbocycles. The molecule has 124 valence electrons. The van der Waals surface area contributed by atoms with Crippen molar-refractivity contribution in [1.29, 1.82) is 0 Å².